The molecule has 3 heteroatoms. The van der Waals surface area contributed by atoms with Crippen LogP contribution >= 0.6 is 0 Å². The van der Waals surface area contributed by atoms with Crippen LogP contribution in [0, 0.1) is 0 Å². The molecular weight excluding hydrogens is 212 g/mol. The van der Waals surface area contributed by atoms with Crippen molar-refractivity contribution in [3.63, 3.8) is 0 Å². The van der Waals surface area contributed by atoms with Crippen molar-refractivity contribution in [3.05, 3.63) is 24.0 Å². The Balaban J connectivity index is 2.45. The van der Waals surface area contributed by atoms with E-state index in [2.05, 4.69) is 49.0 Å². The molecule has 0 spiro atoms. The molecule has 1 rings (SSSR count). The van der Waals surface area contributed by atoms with Crippen molar-refractivity contribution in [3.8, 4) is 0 Å². The third-order valence-corrected chi connectivity index (χ3v) is 3.16. The molecule has 0 aromatic carbocycles. The third kappa shape index (κ3) is 4.92. The first-order valence-corrected chi connectivity index (χ1v) is 6.49. The first-order chi connectivity index (χ1) is 8.09. The summed E-state index contributed by atoms with van der Waals surface area (Å²) in [7, 11) is 1.78. The van der Waals surface area contributed by atoms with E-state index in [4.69, 9.17) is 4.74 Å². The van der Waals surface area contributed by atoms with Crippen molar-refractivity contribution in [2.45, 2.75) is 52.3 Å². The summed E-state index contributed by atoms with van der Waals surface area (Å²) < 4.78 is 7.75. The van der Waals surface area contributed by atoms with E-state index in [0.29, 0.717) is 0 Å². The summed E-state index contributed by atoms with van der Waals surface area (Å²) in [6, 6.07) is 4.30. The number of hydrogen-bond donors (Lipinski definition) is 1. The molecule has 0 aliphatic carbocycles. The minimum Gasteiger partial charge on any atom is -0.379 e. The van der Waals surface area contributed by atoms with Gasteiger partial charge in [0.2, 0.25) is 0 Å². The minimum absolute atomic E-state index is 0.0433. The van der Waals surface area contributed by atoms with Gasteiger partial charge in [-0.2, -0.15) is 0 Å². The molecule has 0 aliphatic heterocycles. The Hall–Kier alpha value is -0.800. The highest BCUT2D eigenvalue weighted by molar-refractivity contribution is 5.07. The topological polar surface area (TPSA) is 26.2 Å². The summed E-state index contributed by atoms with van der Waals surface area (Å²) in [6.07, 6.45) is 4.35. The predicted octanol–water partition coefficient (Wildman–Crippen LogP) is 2.80. The third-order valence-electron chi connectivity index (χ3n) is 3.16. The number of aryl methyl sites for hydroxylation is 1. The number of nitrogens with one attached hydrogen (secondary N) is 1. The molecule has 3 nitrogen and oxygen atoms in total. The van der Waals surface area contributed by atoms with Crippen LogP contribution in [0.4, 0.5) is 0 Å². The largest absolute Gasteiger partial charge is 0.379 e. The normalized spacial score (nSPS) is 12.0. The molecule has 0 bridgehead atoms. The van der Waals surface area contributed by atoms with Gasteiger partial charge in [0.1, 0.15) is 0 Å². The Morgan fingerprint density at radius 3 is 2.82 bits per heavy atom. The Kier molecular flexibility index (Phi) is 5.72. The second-order valence-corrected chi connectivity index (χ2v) is 5.08. The lowest BCUT2D eigenvalue weighted by molar-refractivity contribution is 0.0119. The van der Waals surface area contributed by atoms with E-state index in [-0.39, 0.29) is 5.60 Å². The fourth-order valence-electron chi connectivity index (χ4n) is 1.71. The standard InChI is InChI=1S/C14H26N2O/c1-5-9-15-12-13-7-6-10-16(13)11-8-14(2,3)17-4/h6-7,10,15H,5,8-9,11-12H2,1-4H3. The predicted molar refractivity (Wildman–Crippen MR) is 72.1 cm³/mol. The second-order valence-electron chi connectivity index (χ2n) is 5.08. The number of rotatable bonds is 8. The lowest BCUT2D eigenvalue weighted by Crippen LogP contribution is -2.25. The van der Waals surface area contributed by atoms with Crippen LogP contribution in [0.2, 0.25) is 0 Å². The van der Waals surface area contributed by atoms with Gasteiger partial charge >= 0.3 is 0 Å². The highest BCUT2D eigenvalue weighted by Gasteiger charge is 2.16. The minimum atomic E-state index is -0.0433. The first-order valence-electron chi connectivity index (χ1n) is 6.49. The first kappa shape index (κ1) is 14.3. The molecule has 0 saturated carbocycles. The molecular formula is C14H26N2O. The highest BCUT2D eigenvalue weighted by atomic mass is 16.5. The van der Waals surface area contributed by atoms with E-state index in [0.717, 1.165) is 26.1 Å². The molecule has 1 heterocycles. The van der Waals surface area contributed by atoms with Gasteiger partial charge in [-0.05, 0) is 45.4 Å². The summed E-state index contributed by atoms with van der Waals surface area (Å²) in [5, 5.41) is 3.44. The molecule has 17 heavy (non-hydrogen) atoms. The summed E-state index contributed by atoms with van der Waals surface area (Å²) in [6.45, 7) is 9.49. The molecule has 0 amide bonds. The maximum atomic E-state index is 5.45. The molecule has 0 fully saturated rings. The zero-order valence-corrected chi connectivity index (χ0v) is 11.6. The van der Waals surface area contributed by atoms with Gasteiger partial charge in [0.05, 0.1) is 5.60 Å². The molecule has 0 unspecified atom stereocenters. The maximum absolute atomic E-state index is 5.45. The Bertz CT molecular complexity index is 318. The van der Waals surface area contributed by atoms with Crippen LogP contribution in [-0.2, 0) is 17.8 Å². The smallest absolute Gasteiger partial charge is 0.0639 e. The van der Waals surface area contributed by atoms with Crippen molar-refractivity contribution in [2.24, 2.45) is 0 Å². The van der Waals surface area contributed by atoms with E-state index < -0.39 is 0 Å². The summed E-state index contributed by atoms with van der Waals surface area (Å²) in [4.78, 5) is 0. The molecule has 1 aromatic rings. The fourth-order valence-corrected chi connectivity index (χ4v) is 1.71. The van der Waals surface area contributed by atoms with Gasteiger partial charge in [-0.25, -0.2) is 0 Å². The van der Waals surface area contributed by atoms with Crippen molar-refractivity contribution in [1.29, 1.82) is 0 Å². The quantitative estimate of drug-likeness (QED) is 0.705. The van der Waals surface area contributed by atoms with Crippen LogP contribution in [-0.4, -0.2) is 23.8 Å². The van der Waals surface area contributed by atoms with Gasteiger partial charge in [-0.1, -0.05) is 6.92 Å². The summed E-state index contributed by atoms with van der Waals surface area (Å²) in [5.74, 6) is 0. The number of ether oxygens (including phenoxy) is 1. The molecule has 1 N–H and O–H groups in total. The van der Waals surface area contributed by atoms with Crippen LogP contribution in [0.5, 0.6) is 0 Å². The average molecular weight is 238 g/mol. The van der Waals surface area contributed by atoms with Crippen LogP contribution in [0.25, 0.3) is 0 Å². The molecule has 0 atom stereocenters. The van der Waals surface area contributed by atoms with E-state index in [1.54, 1.807) is 7.11 Å². The SMILES string of the molecule is CCCNCc1cccn1CCC(C)(C)OC. The van der Waals surface area contributed by atoms with Gasteiger partial charge in [-0.3, -0.25) is 0 Å². The van der Waals surface area contributed by atoms with Gasteiger partial charge < -0.3 is 14.6 Å². The van der Waals surface area contributed by atoms with Crippen molar-refractivity contribution in [1.82, 2.24) is 9.88 Å². The lowest BCUT2D eigenvalue weighted by Gasteiger charge is -2.23. The molecule has 0 saturated heterocycles. The number of hydrogen-bond acceptors (Lipinski definition) is 2. The zero-order chi connectivity index (χ0) is 12.7. The monoisotopic (exact) mass is 238 g/mol. The van der Waals surface area contributed by atoms with Gasteiger partial charge in [0.25, 0.3) is 0 Å². The fraction of sp³-hybridized carbons (Fsp3) is 0.714. The van der Waals surface area contributed by atoms with E-state index in [9.17, 15) is 0 Å². The van der Waals surface area contributed by atoms with E-state index in [1.807, 2.05) is 0 Å². The number of aromatic nitrogens is 1. The lowest BCUT2D eigenvalue weighted by atomic mass is 10.1. The molecule has 98 valence electrons. The summed E-state index contributed by atoms with van der Waals surface area (Å²) >= 11 is 0. The maximum Gasteiger partial charge on any atom is 0.0639 e. The second kappa shape index (κ2) is 6.82. The van der Waals surface area contributed by atoms with Crippen molar-refractivity contribution in [2.75, 3.05) is 13.7 Å². The van der Waals surface area contributed by atoms with Crippen LogP contribution in [0.15, 0.2) is 18.3 Å². The van der Waals surface area contributed by atoms with E-state index >= 15 is 0 Å². The van der Waals surface area contributed by atoms with Crippen LogP contribution in [0.1, 0.15) is 39.3 Å². The van der Waals surface area contributed by atoms with Gasteiger partial charge in [0, 0.05) is 32.1 Å². The Labute approximate surface area is 105 Å². The average Bonchev–Trinajstić information content (AvgIpc) is 2.75. The van der Waals surface area contributed by atoms with Crippen molar-refractivity contribution < 1.29 is 4.74 Å². The Morgan fingerprint density at radius 2 is 2.18 bits per heavy atom. The van der Waals surface area contributed by atoms with Crippen molar-refractivity contribution >= 4 is 0 Å². The summed E-state index contributed by atoms with van der Waals surface area (Å²) in [5.41, 5.74) is 1.31. The number of nitrogens with zero attached hydrogens (tertiary/aromatic N) is 1. The molecule has 0 radical (unpaired) electrons. The van der Waals surface area contributed by atoms with Crippen LogP contribution < -0.4 is 5.32 Å². The Morgan fingerprint density at radius 1 is 1.41 bits per heavy atom. The van der Waals surface area contributed by atoms with E-state index in [1.165, 1.54) is 12.1 Å². The number of methoxy groups -OCH3 is 1. The van der Waals surface area contributed by atoms with Gasteiger partial charge in [-0.15, -0.1) is 0 Å². The van der Waals surface area contributed by atoms with Gasteiger partial charge in [0.15, 0.2) is 0 Å². The molecule has 1 aromatic heterocycles. The zero-order valence-electron chi connectivity index (χ0n) is 11.6. The highest BCUT2D eigenvalue weighted by Crippen LogP contribution is 2.15. The molecule has 0 aliphatic rings. The van der Waals surface area contributed by atoms with Crippen LogP contribution in [0.3, 0.4) is 0 Å².